The zero-order valence-electron chi connectivity index (χ0n) is 12.8. The molecule has 1 aliphatic rings. The van der Waals surface area contributed by atoms with E-state index < -0.39 is 0 Å². The van der Waals surface area contributed by atoms with Crippen molar-refractivity contribution in [3.05, 3.63) is 0 Å². The predicted molar refractivity (Wildman–Crippen MR) is 80.8 cm³/mol. The molecule has 0 amide bonds. The lowest BCUT2D eigenvalue weighted by Gasteiger charge is -2.36. The highest BCUT2D eigenvalue weighted by molar-refractivity contribution is 4.83. The standard InChI is InChI=1S/C16H34N2/c1-4-5-8-16(13-17)18(12-11-14(2)3)15-9-6-7-10-15/h14-16H,4-13,17H2,1-3H3. The topological polar surface area (TPSA) is 29.3 Å². The fourth-order valence-electron chi connectivity index (χ4n) is 3.17. The first-order valence-corrected chi connectivity index (χ1v) is 8.14. The van der Waals surface area contributed by atoms with Crippen LogP contribution in [0.25, 0.3) is 0 Å². The summed E-state index contributed by atoms with van der Waals surface area (Å²) in [5.41, 5.74) is 6.05. The van der Waals surface area contributed by atoms with Gasteiger partial charge in [-0.05, 0) is 38.1 Å². The van der Waals surface area contributed by atoms with Gasteiger partial charge in [0.15, 0.2) is 0 Å². The van der Waals surface area contributed by atoms with Crippen molar-refractivity contribution in [2.24, 2.45) is 11.7 Å². The minimum atomic E-state index is 0.631. The summed E-state index contributed by atoms with van der Waals surface area (Å²) in [6, 6.07) is 1.46. The van der Waals surface area contributed by atoms with E-state index in [9.17, 15) is 0 Å². The van der Waals surface area contributed by atoms with E-state index in [1.807, 2.05) is 0 Å². The summed E-state index contributed by atoms with van der Waals surface area (Å²) in [7, 11) is 0. The lowest BCUT2D eigenvalue weighted by atomic mass is 10.0. The summed E-state index contributed by atoms with van der Waals surface area (Å²) in [6.07, 6.45) is 10.9. The number of nitrogens with zero attached hydrogens (tertiary/aromatic N) is 1. The van der Waals surface area contributed by atoms with Crippen molar-refractivity contribution in [1.29, 1.82) is 0 Å². The Hall–Kier alpha value is -0.0800. The SMILES string of the molecule is CCCCC(CN)N(CCC(C)C)C1CCCC1. The summed E-state index contributed by atoms with van der Waals surface area (Å²) in [4.78, 5) is 2.77. The molecule has 0 bridgehead atoms. The monoisotopic (exact) mass is 254 g/mol. The van der Waals surface area contributed by atoms with Gasteiger partial charge in [-0.3, -0.25) is 4.90 Å². The van der Waals surface area contributed by atoms with Crippen LogP contribution in [0.5, 0.6) is 0 Å². The van der Waals surface area contributed by atoms with Gasteiger partial charge in [0.2, 0.25) is 0 Å². The van der Waals surface area contributed by atoms with Gasteiger partial charge in [0, 0.05) is 18.6 Å². The normalized spacial score (nSPS) is 19.0. The predicted octanol–water partition coefficient (Wildman–Crippen LogP) is 3.79. The summed E-state index contributed by atoms with van der Waals surface area (Å²) in [6.45, 7) is 9.04. The Kier molecular flexibility index (Phi) is 7.92. The second-order valence-electron chi connectivity index (χ2n) is 6.39. The fourth-order valence-corrected chi connectivity index (χ4v) is 3.17. The van der Waals surface area contributed by atoms with Crippen LogP contribution in [0.3, 0.4) is 0 Å². The van der Waals surface area contributed by atoms with Gasteiger partial charge in [-0.25, -0.2) is 0 Å². The molecule has 0 aromatic carbocycles. The van der Waals surface area contributed by atoms with E-state index in [0.717, 1.165) is 18.5 Å². The lowest BCUT2D eigenvalue weighted by Crippen LogP contribution is -2.46. The minimum Gasteiger partial charge on any atom is -0.329 e. The summed E-state index contributed by atoms with van der Waals surface area (Å²) >= 11 is 0. The Bertz CT molecular complexity index is 197. The largest absolute Gasteiger partial charge is 0.329 e. The van der Waals surface area contributed by atoms with E-state index in [4.69, 9.17) is 5.73 Å². The maximum Gasteiger partial charge on any atom is 0.0221 e. The van der Waals surface area contributed by atoms with Crippen molar-refractivity contribution >= 4 is 0 Å². The molecule has 2 N–H and O–H groups in total. The van der Waals surface area contributed by atoms with Crippen LogP contribution in [0.1, 0.15) is 72.1 Å². The fraction of sp³-hybridized carbons (Fsp3) is 1.00. The van der Waals surface area contributed by atoms with E-state index in [0.29, 0.717) is 6.04 Å². The Balaban J connectivity index is 2.54. The van der Waals surface area contributed by atoms with Crippen molar-refractivity contribution in [1.82, 2.24) is 4.90 Å². The third kappa shape index (κ3) is 5.27. The van der Waals surface area contributed by atoms with Gasteiger partial charge in [0.25, 0.3) is 0 Å². The third-order valence-corrected chi connectivity index (χ3v) is 4.39. The number of unbranched alkanes of at least 4 members (excludes halogenated alkanes) is 1. The molecule has 1 rings (SSSR count). The van der Waals surface area contributed by atoms with Crippen LogP contribution in [0.4, 0.5) is 0 Å². The molecule has 1 aliphatic carbocycles. The van der Waals surface area contributed by atoms with Crippen LogP contribution in [-0.4, -0.2) is 30.1 Å². The molecule has 0 heterocycles. The first kappa shape index (κ1) is 16.0. The molecule has 0 saturated heterocycles. The molecular formula is C16H34N2. The first-order chi connectivity index (χ1) is 8.69. The first-order valence-electron chi connectivity index (χ1n) is 8.14. The van der Waals surface area contributed by atoms with Gasteiger partial charge in [-0.1, -0.05) is 46.5 Å². The van der Waals surface area contributed by atoms with Crippen molar-refractivity contribution in [2.75, 3.05) is 13.1 Å². The molecule has 18 heavy (non-hydrogen) atoms. The molecule has 2 heteroatoms. The highest BCUT2D eigenvalue weighted by Gasteiger charge is 2.27. The van der Waals surface area contributed by atoms with Gasteiger partial charge in [0.1, 0.15) is 0 Å². The van der Waals surface area contributed by atoms with E-state index in [1.54, 1.807) is 0 Å². The molecule has 0 aromatic heterocycles. The molecule has 0 aliphatic heterocycles. The lowest BCUT2D eigenvalue weighted by molar-refractivity contribution is 0.123. The van der Waals surface area contributed by atoms with Crippen LogP contribution in [-0.2, 0) is 0 Å². The number of rotatable bonds is 9. The Labute approximate surface area is 114 Å². The van der Waals surface area contributed by atoms with Crippen LogP contribution in [0, 0.1) is 5.92 Å². The Morgan fingerprint density at radius 3 is 2.33 bits per heavy atom. The number of hydrogen-bond acceptors (Lipinski definition) is 2. The highest BCUT2D eigenvalue weighted by Crippen LogP contribution is 2.27. The van der Waals surface area contributed by atoms with Crippen molar-refractivity contribution in [2.45, 2.75) is 84.2 Å². The zero-order chi connectivity index (χ0) is 13.4. The van der Waals surface area contributed by atoms with Gasteiger partial charge < -0.3 is 5.73 Å². The maximum absolute atomic E-state index is 6.05. The van der Waals surface area contributed by atoms with Crippen molar-refractivity contribution in [3.63, 3.8) is 0 Å². The van der Waals surface area contributed by atoms with Gasteiger partial charge in [0.05, 0.1) is 0 Å². The van der Waals surface area contributed by atoms with Crippen LogP contribution >= 0.6 is 0 Å². The van der Waals surface area contributed by atoms with E-state index in [2.05, 4.69) is 25.7 Å². The van der Waals surface area contributed by atoms with Crippen LogP contribution in [0.2, 0.25) is 0 Å². The Morgan fingerprint density at radius 1 is 1.17 bits per heavy atom. The molecule has 0 spiro atoms. The zero-order valence-corrected chi connectivity index (χ0v) is 12.8. The maximum atomic E-state index is 6.05. The van der Waals surface area contributed by atoms with Crippen molar-refractivity contribution in [3.8, 4) is 0 Å². The van der Waals surface area contributed by atoms with Crippen LogP contribution < -0.4 is 5.73 Å². The Morgan fingerprint density at radius 2 is 1.83 bits per heavy atom. The average Bonchev–Trinajstić information content (AvgIpc) is 2.86. The van der Waals surface area contributed by atoms with E-state index in [1.165, 1.54) is 57.9 Å². The summed E-state index contributed by atoms with van der Waals surface area (Å²) in [5, 5.41) is 0. The smallest absolute Gasteiger partial charge is 0.0221 e. The van der Waals surface area contributed by atoms with Crippen molar-refractivity contribution < 1.29 is 0 Å². The molecule has 108 valence electrons. The van der Waals surface area contributed by atoms with E-state index in [-0.39, 0.29) is 0 Å². The second-order valence-corrected chi connectivity index (χ2v) is 6.39. The molecule has 1 atom stereocenters. The van der Waals surface area contributed by atoms with Gasteiger partial charge in [-0.15, -0.1) is 0 Å². The molecule has 0 aromatic rings. The van der Waals surface area contributed by atoms with Gasteiger partial charge >= 0.3 is 0 Å². The molecule has 1 unspecified atom stereocenters. The quantitative estimate of drug-likeness (QED) is 0.678. The number of nitrogens with two attached hydrogens (primary N) is 1. The highest BCUT2D eigenvalue weighted by atomic mass is 15.2. The summed E-state index contributed by atoms with van der Waals surface area (Å²) in [5.74, 6) is 0.804. The summed E-state index contributed by atoms with van der Waals surface area (Å²) < 4.78 is 0. The molecule has 1 saturated carbocycles. The second kappa shape index (κ2) is 8.92. The molecule has 2 nitrogen and oxygen atoms in total. The minimum absolute atomic E-state index is 0.631. The van der Waals surface area contributed by atoms with Crippen LogP contribution in [0.15, 0.2) is 0 Å². The van der Waals surface area contributed by atoms with E-state index >= 15 is 0 Å². The number of hydrogen-bond donors (Lipinski definition) is 1. The molecule has 0 radical (unpaired) electrons. The molecular weight excluding hydrogens is 220 g/mol. The average molecular weight is 254 g/mol. The van der Waals surface area contributed by atoms with Gasteiger partial charge in [-0.2, -0.15) is 0 Å². The molecule has 1 fully saturated rings. The third-order valence-electron chi connectivity index (χ3n) is 4.39.